The van der Waals surface area contributed by atoms with Crippen molar-refractivity contribution >= 4 is 29.2 Å². The number of benzene rings is 2. The molecule has 0 aliphatic carbocycles. The number of amides is 3. The predicted molar refractivity (Wildman–Crippen MR) is 121 cm³/mol. The zero-order chi connectivity index (χ0) is 21.8. The molecule has 2 aliphatic rings. The van der Waals surface area contributed by atoms with Gasteiger partial charge >= 0.3 is 6.03 Å². The summed E-state index contributed by atoms with van der Waals surface area (Å²) >= 11 is 5.91. The second kappa shape index (κ2) is 9.60. The van der Waals surface area contributed by atoms with Crippen LogP contribution in [-0.4, -0.2) is 42.6 Å². The van der Waals surface area contributed by atoms with E-state index in [0.29, 0.717) is 44.0 Å². The van der Waals surface area contributed by atoms with E-state index in [-0.39, 0.29) is 24.0 Å². The van der Waals surface area contributed by atoms with Crippen LogP contribution in [-0.2, 0) is 11.3 Å². The molecule has 1 atom stereocenters. The summed E-state index contributed by atoms with van der Waals surface area (Å²) < 4.78 is 5.99. The molecule has 0 radical (unpaired) electrons. The van der Waals surface area contributed by atoms with Crippen molar-refractivity contribution < 1.29 is 14.3 Å². The SMILES string of the molecule is CC[C@H]1CN(C(=O)N2CCC(C(=O)NCc3ccc(Cl)cc3)CC2)c2ccccc2O1. The minimum absolute atomic E-state index is 0.00460. The number of para-hydroxylation sites is 2. The van der Waals surface area contributed by atoms with Gasteiger partial charge in [-0.3, -0.25) is 9.69 Å². The number of nitrogens with one attached hydrogen (secondary N) is 1. The Kier molecular flexibility index (Phi) is 6.66. The molecule has 1 saturated heterocycles. The third-order valence-corrected chi connectivity index (χ3v) is 6.29. The van der Waals surface area contributed by atoms with Crippen molar-refractivity contribution in [3.63, 3.8) is 0 Å². The number of ether oxygens (including phenoxy) is 1. The van der Waals surface area contributed by atoms with Crippen LogP contribution in [0.2, 0.25) is 5.02 Å². The van der Waals surface area contributed by atoms with Crippen molar-refractivity contribution in [3.8, 4) is 5.75 Å². The first kappa shape index (κ1) is 21.5. The summed E-state index contributed by atoms with van der Waals surface area (Å²) in [5.41, 5.74) is 1.84. The van der Waals surface area contributed by atoms with Gasteiger partial charge in [0, 0.05) is 30.6 Å². The fourth-order valence-electron chi connectivity index (χ4n) is 4.13. The number of carbonyl (C=O) groups excluding carboxylic acids is 2. The zero-order valence-corrected chi connectivity index (χ0v) is 18.5. The molecule has 1 N–H and O–H groups in total. The number of anilines is 1. The van der Waals surface area contributed by atoms with Crippen molar-refractivity contribution in [2.75, 3.05) is 24.5 Å². The van der Waals surface area contributed by atoms with Crippen LogP contribution in [0.5, 0.6) is 5.75 Å². The van der Waals surface area contributed by atoms with E-state index in [2.05, 4.69) is 12.2 Å². The molecule has 1 fully saturated rings. The topological polar surface area (TPSA) is 61.9 Å². The summed E-state index contributed by atoms with van der Waals surface area (Å²) in [5.74, 6) is 0.729. The van der Waals surface area contributed by atoms with Crippen LogP contribution in [0.15, 0.2) is 48.5 Å². The molecule has 0 bridgehead atoms. The highest BCUT2D eigenvalue weighted by atomic mass is 35.5. The molecule has 7 heteroatoms. The molecule has 6 nitrogen and oxygen atoms in total. The van der Waals surface area contributed by atoms with E-state index in [1.807, 2.05) is 58.3 Å². The molecule has 164 valence electrons. The number of hydrogen-bond acceptors (Lipinski definition) is 3. The molecule has 2 aromatic rings. The zero-order valence-electron chi connectivity index (χ0n) is 17.7. The highest BCUT2D eigenvalue weighted by Gasteiger charge is 2.34. The quantitative estimate of drug-likeness (QED) is 0.761. The highest BCUT2D eigenvalue weighted by molar-refractivity contribution is 6.30. The molecule has 0 aromatic heterocycles. The Bertz CT molecular complexity index is 926. The number of nitrogens with zero attached hydrogens (tertiary/aromatic N) is 2. The van der Waals surface area contributed by atoms with Gasteiger partial charge in [-0.25, -0.2) is 4.79 Å². The van der Waals surface area contributed by atoms with Gasteiger partial charge in [0.2, 0.25) is 5.91 Å². The van der Waals surface area contributed by atoms with E-state index < -0.39 is 0 Å². The summed E-state index contributed by atoms with van der Waals surface area (Å²) in [5, 5.41) is 3.69. The normalized spacial score (nSPS) is 18.8. The maximum atomic E-state index is 13.3. The van der Waals surface area contributed by atoms with Gasteiger partial charge in [-0.15, -0.1) is 0 Å². The lowest BCUT2D eigenvalue weighted by Crippen LogP contribution is -2.52. The fraction of sp³-hybridized carbons (Fsp3) is 0.417. The van der Waals surface area contributed by atoms with Gasteiger partial charge in [-0.1, -0.05) is 42.8 Å². The number of halogens is 1. The molecule has 0 spiro atoms. The van der Waals surface area contributed by atoms with E-state index in [1.54, 1.807) is 0 Å². The van der Waals surface area contributed by atoms with Crippen molar-refractivity contribution in [2.45, 2.75) is 38.8 Å². The Hall–Kier alpha value is -2.73. The second-order valence-electron chi connectivity index (χ2n) is 8.11. The van der Waals surface area contributed by atoms with Gasteiger partial charge in [0.05, 0.1) is 12.2 Å². The van der Waals surface area contributed by atoms with Crippen LogP contribution < -0.4 is 15.0 Å². The first-order valence-electron chi connectivity index (χ1n) is 10.9. The third-order valence-electron chi connectivity index (χ3n) is 6.04. The first-order chi connectivity index (χ1) is 15.0. The number of likely N-dealkylation sites (tertiary alicyclic amines) is 1. The number of carbonyl (C=O) groups is 2. The molecule has 4 rings (SSSR count). The monoisotopic (exact) mass is 441 g/mol. The molecule has 2 aromatic carbocycles. The van der Waals surface area contributed by atoms with Crippen LogP contribution in [0.3, 0.4) is 0 Å². The summed E-state index contributed by atoms with van der Waals surface area (Å²) in [4.78, 5) is 29.6. The Morgan fingerprint density at radius 3 is 2.52 bits per heavy atom. The maximum absolute atomic E-state index is 13.3. The number of rotatable bonds is 4. The molecule has 0 saturated carbocycles. The smallest absolute Gasteiger partial charge is 0.324 e. The van der Waals surface area contributed by atoms with E-state index in [4.69, 9.17) is 16.3 Å². The van der Waals surface area contributed by atoms with E-state index in [1.165, 1.54) is 0 Å². The minimum Gasteiger partial charge on any atom is -0.486 e. The number of hydrogen-bond donors (Lipinski definition) is 1. The van der Waals surface area contributed by atoms with Crippen molar-refractivity contribution in [3.05, 3.63) is 59.1 Å². The van der Waals surface area contributed by atoms with Gasteiger partial charge in [0.25, 0.3) is 0 Å². The summed E-state index contributed by atoms with van der Waals surface area (Å²) in [6.07, 6.45) is 2.17. The van der Waals surface area contributed by atoms with Crippen LogP contribution >= 0.6 is 11.6 Å². The number of urea groups is 1. The molecule has 31 heavy (non-hydrogen) atoms. The van der Waals surface area contributed by atoms with Crippen molar-refractivity contribution in [2.24, 2.45) is 5.92 Å². The van der Waals surface area contributed by atoms with Crippen molar-refractivity contribution in [1.29, 1.82) is 0 Å². The van der Waals surface area contributed by atoms with Crippen LogP contribution in [0.1, 0.15) is 31.7 Å². The van der Waals surface area contributed by atoms with E-state index in [9.17, 15) is 9.59 Å². The molecule has 2 aliphatic heterocycles. The fourth-order valence-corrected chi connectivity index (χ4v) is 4.26. The van der Waals surface area contributed by atoms with Crippen LogP contribution in [0, 0.1) is 5.92 Å². The van der Waals surface area contributed by atoms with Gasteiger partial charge in [-0.2, -0.15) is 0 Å². The molecular weight excluding hydrogens is 414 g/mol. The number of piperidine rings is 1. The summed E-state index contributed by atoms with van der Waals surface area (Å²) in [6, 6.07) is 15.1. The van der Waals surface area contributed by atoms with Gasteiger partial charge < -0.3 is 15.0 Å². The Morgan fingerprint density at radius 2 is 1.81 bits per heavy atom. The summed E-state index contributed by atoms with van der Waals surface area (Å²) in [7, 11) is 0. The van der Waals surface area contributed by atoms with Gasteiger partial charge in [0.15, 0.2) is 0 Å². The number of fused-ring (bicyclic) bond motifs is 1. The lowest BCUT2D eigenvalue weighted by molar-refractivity contribution is -0.126. The van der Waals surface area contributed by atoms with E-state index >= 15 is 0 Å². The highest BCUT2D eigenvalue weighted by Crippen LogP contribution is 2.35. The summed E-state index contributed by atoms with van der Waals surface area (Å²) in [6.45, 7) is 4.25. The first-order valence-corrected chi connectivity index (χ1v) is 11.3. The Morgan fingerprint density at radius 1 is 1.10 bits per heavy atom. The second-order valence-corrected chi connectivity index (χ2v) is 8.55. The van der Waals surface area contributed by atoms with Crippen molar-refractivity contribution in [1.82, 2.24) is 10.2 Å². The lowest BCUT2D eigenvalue weighted by atomic mass is 9.96. The minimum atomic E-state index is -0.0725. The third kappa shape index (κ3) is 4.96. The molecule has 3 amide bonds. The average Bonchev–Trinajstić information content (AvgIpc) is 2.82. The maximum Gasteiger partial charge on any atom is 0.324 e. The molecular formula is C24H28ClN3O3. The Labute approximate surface area is 188 Å². The molecule has 0 unspecified atom stereocenters. The van der Waals surface area contributed by atoms with Crippen LogP contribution in [0.4, 0.5) is 10.5 Å². The van der Waals surface area contributed by atoms with E-state index in [0.717, 1.165) is 23.4 Å². The standard InChI is InChI=1S/C24H28ClN3O3/c1-2-20-16-28(21-5-3-4-6-22(21)31-20)24(30)27-13-11-18(12-14-27)23(29)26-15-17-7-9-19(25)10-8-17/h3-10,18,20H,2,11-16H2,1H3,(H,26,29)/t20-/m0/s1. The lowest BCUT2D eigenvalue weighted by Gasteiger charge is -2.39. The average molecular weight is 442 g/mol. The van der Waals surface area contributed by atoms with Crippen LogP contribution in [0.25, 0.3) is 0 Å². The Balaban J connectivity index is 1.32. The predicted octanol–water partition coefficient (Wildman–Crippen LogP) is 4.47. The van der Waals surface area contributed by atoms with Gasteiger partial charge in [-0.05, 0) is 49.1 Å². The van der Waals surface area contributed by atoms with Gasteiger partial charge in [0.1, 0.15) is 11.9 Å². The molecule has 2 heterocycles. The largest absolute Gasteiger partial charge is 0.486 e.